The zero-order valence-electron chi connectivity index (χ0n) is 17.0. The summed E-state index contributed by atoms with van der Waals surface area (Å²) >= 11 is 1.42. The van der Waals surface area contributed by atoms with Crippen molar-refractivity contribution in [2.75, 3.05) is 5.75 Å². The van der Waals surface area contributed by atoms with E-state index in [1.807, 2.05) is 26.8 Å². The quantitative estimate of drug-likeness (QED) is 0.286. The van der Waals surface area contributed by atoms with Gasteiger partial charge >= 0.3 is 5.97 Å². The number of nitrogens with zero attached hydrogens (tertiary/aromatic N) is 3. The molecule has 2 aromatic heterocycles. The molecule has 29 heavy (non-hydrogen) atoms. The number of hydrogen-bond acceptors (Lipinski definition) is 6. The van der Waals surface area contributed by atoms with Crippen molar-refractivity contribution >= 4 is 28.8 Å². The first-order valence-corrected chi connectivity index (χ1v) is 10.4. The molecule has 0 aliphatic carbocycles. The van der Waals surface area contributed by atoms with Gasteiger partial charge in [0, 0.05) is 25.4 Å². The van der Waals surface area contributed by atoms with E-state index in [9.17, 15) is 14.7 Å². The van der Waals surface area contributed by atoms with E-state index in [1.165, 1.54) is 23.9 Å². The number of hydrogen-bond donors (Lipinski definition) is 1. The smallest absolute Gasteiger partial charge is 0.306 e. The van der Waals surface area contributed by atoms with E-state index >= 15 is 0 Å². The second kappa shape index (κ2) is 8.32. The number of aromatic nitrogens is 3. The predicted octanol–water partition coefficient (Wildman–Crippen LogP) is 3.64. The van der Waals surface area contributed by atoms with Crippen LogP contribution in [0.4, 0.5) is 0 Å². The number of carbonyl (C=O) groups is 1. The fourth-order valence-corrected chi connectivity index (χ4v) is 3.86. The van der Waals surface area contributed by atoms with Gasteiger partial charge in [-0.05, 0) is 57.5 Å². The van der Waals surface area contributed by atoms with Crippen molar-refractivity contribution in [3.05, 3.63) is 46.9 Å². The number of benzene rings is 1. The third kappa shape index (κ3) is 5.00. The summed E-state index contributed by atoms with van der Waals surface area (Å²) in [5.74, 6) is 0.504. The van der Waals surface area contributed by atoms with Crippen molar-refractivity contribution in [2.45, 2.75) is 44.4 Å². The monoisotopic (exact) mass is 415 g/mol. The summed E-state index contributed by atoms with van der Waals surface area (Å²) in [4.78, 5) is 29.7. The number of aromatic hydroxyl groups is 1. The van der Waals surface area contributed by atoms with Crippen molar-refractivity contribution in [1.29, 1.82) is 0 Å². The number of rotatable bonds is 6. The topological polar surface area (TPSA) is 86.3 Å². The molecule has 0 spiro atoms. The molecule has 1 aromatic carbocycles. The Hall–Kier alpha value is -2.74. The van der Waals surface area contributed by atoms with E-state index < -0.39 is 5.60 Å². The minimum atomic E-state index is -0.497. The minimum absolute atomic E-state index is 0.126. The lowest BCUT2D eigenvalue weighted by atomic mass is 10.2. The van der Waals surface area contributed by atoms with Gasteiger partial charge in [-0.15, -0.1) is 0 Å². The zero-order chi connectivity index (χ0) is 21.2. The molecule has 0 fully saturated rings. The first-order valence-electron chi connectivity index (χ1n) is 9.38. The van der Waals surface area contributed by atoms with Crippen LogP contribution in [-0.2, 0) is 16.6 Å². The highest BCUT2D eigenvalue weighted by Gasteiger charge is 2.17. The summed E-state index contributed by atoms with van der Waals surface area (Å²) in [6.45, 7) is 5.53. The molecule has 0 unspecified atom stereocenters. The maximum atomic E-state index is 13.2. The Bertz CT molecular complexity index is 1080. The van der Waals surface area contributed by atoms with E-state index in [4.69, 9.17) is 4.74 Å². The largest absolute Gasteiger partial charge is 0.508 e. The van der Waals surface area contributed by atoms with E-state index in [0.717, 1.165) is 0 Å². The highest BCUT2D eigenvalue weighted by molar-refractivity contribution is 7.99. The Kier molecular flexibility index (Phi) is 6.02. The number of ether oxygens (including phenoxy) is 1. The summed E-state index contributed by atoms with van der Waals surface area (Å²) in [6.07, 6.45) is 2.72. The number of fused-ring (bicyclic) bond motifs is 1. The summed E-state index contributed by atoms with van der Waals surface area (Å²) in [5, 5.41) is 10.1. The molecule has 154 valence electrons. The van der Waals surface area contributed by atoms with Gasteiger partial charge in [-0.2, -0.15) is 0 Å². The lowest BCUT2D eigenvalue weighted by Gasteiger charge is -2.19. The number of phenols is 1. The van der Waals surface area contributed by atoms with Crippen LogP contribution in [0, 0.1) is 0 Å². The SMILES string of the molecule is Cn1ccc2nc(SCCCC(=O)OC(C)(C)C)n(-c3ccc(O)cc3)c(=O)c21. The van der Waals surface area contributed by atoms with Gasteiger partial charge in [0.25, 0.3) is 5.56 Å². The molecule has 8 heteroatoms. The summed E-state index contributed by atoms with van der Waals surface area (Å²) in [7, 11) is 1.81. The fourth-order valence-electron chi connectivity index (χ4n) is 2.91. The second-order valence-corrected chi connectivity index (χ2v) is 8.81. The highest BCUT2D eigenvalue weighted by Crippen LogP contribution is 2.24. The highest BCUT2D eigenvalue weighted by atomic mass is 32.2. The number of carbonyl (C=O) groups excluding carboxylic acids is 1. The van der Waals surface area contributed by atoms with Crippen LogP contribution in [0.5, 0.6) is 5.75 Å². The van der Waals surface area contributed by atoms with Crippen molar-refractivity contribution in [2.24, 2.45) is 7.05 Å². The first-order chi connectivity index (χ1) is 13.7. The van der Waals surface area contributed by atoms with Crippen LogP contribution in [0.1, 0.15) is 33.6 Å². The Balaban J connectivity index is 1.85. The van der Waals surface area contributed by atoms with Crippen molar-refractivity contribution in [3.63, 3.8) is 0 Å². The molecule has 2 heterocycles. The van der Waals surface area contributed by atoms with E-state index in [1.54, 1.807) is 34.5 Å². The number of thioether (sulfide) groups is 1. The normalized spacial score (nSPS) is 11.7. The number of phenolic OH excluding ortho intramolecular Hbond substituents is 1. The molecule has 0 aliphatic rings. The first kappa shape index (κ1) is 21.0. The van der Waals surface area contributed by atoms with Gasteiger partial charge in [0.2, 0.25) is 0 Å². The molecule has 0 amide bonds. The van der Waals surface area contributed by atoms with Crippen LogP contribution >= 0.6 is 11.8 Å². The van der Waals surface area contributed by atoms with Gasteiger partial charge in [-0.1, -0.05) is 11.8 Å². The molecule has 3 rings (SSSR count). The molecule has 0 bridgehead atoms. The molecule has 0 aliphatic heterocycles. The molecule has 0 radical (unpaired) electrons. The predicted molar refractivity (Wildman–Crippen MR) is 114 cm³/mol. The Labute approximate surface area is 173 Å². The average Bonchev–Trinajstić information content (AvgIpc) is 3.00. The lowest BCUT2D eigenvalue weighted by molar-refractivity contribution is -0.154. The lowest BCUT2D eigenvalue weighted by Crippen LogP contribution is -2.24. The maximum absolute atomic E-state index is 13.2. The summed E-state index contributed by atoms with van der Waals surface area (Å²) in [6, 6.07) is 8.24. The van der Waals surface area contributed by atoms with Crippen molar-refractivity contribution in [3.8, 4) is 11.4 Å². The van der Waals surface area contributed by atoms with Crippen LogP contribution in [0.15, 0.2) is 46.5 Å². The fraction of sp³-hybridized carbons (Fsp3) is 0.381. The van der Waals surface area contributed by atoms with Crippen LogP contribution in [-0.4, -0.2) is 36.5 Å². The third-order valence-corrected chi connectivity index (χ3v) is 5.17. The molecule has 3 aromatic rings. The Morgan fingerprint density at radius 1 is 1.21 bits per heavy atom. The third-order valence-electron chi connectivity index (χ3n) is 4.15. The standard InChI is InChI=1S/C21H25N3O4S/c1-21(2,3)28-17(26)6-5-13-29-20-22-16-11-12-23(4)18(16)19(27)24(20)14-7-9-15(25)10-8-14/h7-12,25H,5-6,13H2,1-4H3. The molecular weight excluding hydrogens is 390 g/mol. The van der Waals surface area contributed by atoms with Crippen LogP contribution in [0.25, 0.3) is 16.7 Å². The Morgan fingerprint density at radius 2 is 1.90 bits per heavy atom. The summed E-state index contributed by atoms with van der Waals surface area (Å²) in [5.41, 5.74) is 1.09. The van der Waals surface area contributed by atoms with Gasteiger partial charge in [-0.25, -0.2) is 4.98 Å². The van der Waals surface area contributed by atoms with Crippen molar-refractivity contribution < 1.29 is 14.6 Å². The Morgan fingerprint density at radius 3 is 2.55 bits per heavy atom. The summed E-state index contributed by atoms with van der Waals surface area (Å²) < 4.78 is 8.62. The molecule has 0 saturated carbocycles. The number of aryl methyl sites for hydroxylation is 1. The second-order valence-electron chi connectivity index (χ2n) is 7.75. The van der Waals surface area contributed by atoms with Gasteiger partial charge < -0.3 is 14.4 Å². The molecule has 7 nitrogen and oxygen atoms in total. The average molecular weight is 416 g/mol. The maximum Gasteiger partial charge on any atom is 0.306 e. The minimum Gasteiger partial charge on any atom is -0.508 e. The van der Waals surface area contributed by atoms with Crippen LogP contribution in [0.3, 0.4) is 0 Å². The van der Waals surface area contributed by atoms with E-state index in [2.05, 4.69) is 4.98 Å². The molecule has 0 saturated heterocycles. The van der Waals surface area contributed by atoms with Crippen LogP contribution in [0.2, 0.25) is 0 Å². The van der Waals surface area contributed by atoms with Gasteiger partial charge in [0.05, 0.1) is 11.2 Å². The molecule has 0 atom stereocenters. The van der Waals surface area contributed by atoms with Gasteiger partial charge in [-0.3, -0.25) is 14.2 Å². The van der Waals surface area contributed by atoms with Crippen LogP contribution < -0.4 is 5.56 Å². The van der Waals surface area contributed by atoms with Crippen molar-refractivity contribution in [1.82, 2.24) is 14.1 Å². The van der Waals surface area contributed by atoms with E-state index in [-0.39, 0.29) is 17.3 Å². The van der Waals surface area contributed by atoms with Gasteiger partial charge in [0.15, 0.2) is 5.16 Å². The zero-order valence-corrected chi connectivity index (χ0v) is 17.8. The molecule has 1 N–H and O–H groups in total. The molecular formula is C21H25N3O4S. The number of esters is 1. The van der Waals surface area contributed by atoms with E-state index in [0.29, 0.717) is 40.5 Å². The van der Waals surface area contributed by atoms with Gasteiger partial charge in [0.1, 0.15) is 16.9 Å².